The molecule has 0 radical (unpaired) electrons. The fraction of sp³-hybridized carbons (Fsp3) is 0.250. The number of carbonyl (C=O) groups excluding carboxylic acids is 2. The number of likely N-dealkylation sites (tertiary alicyclic amines) is 1. The molecule has 1 saturated heterocycles. The van der Waals surface area contributed by atoms with Crippen LogP contribution in [0.5, 0.6) is 0 Å². The number of amides is 2. The molecule has 8 heteroatoms. The Kier molecular flexibility index (Phi) is 6.33. The number of rotatable bonds is 6. The third kappa shape index (κ3) is 4.62. The summed E-state index contributed by atoms with van der Waals surface area (Å²) in [6.07, 6.45) is 2.81. The summed E-state index contributed by atoms with van der Waals surface area (Å²) in [7, 11) is 0. The lowest BCUT2D eigenvalue weighted by atomic mass is 9.90. The van der Waals surface area contributed by atoms with Gasteiger partial charge in [-0.25, -0.2) is 0 Å². The van der Waals surface area contributed by atoms with Crippen molar-refractivity contribution in [2.75, 3.05) is 11.9 Å². The van der Waals surface area contributed by atoms with Crippen LogP contribution in [-0.2, 0) is 16.0 Å². The summed E-state index contributed by atoms with van der Waals surface area (Å²) in [5.41, 5.74) is 4.12. The molecule has 36 heavy (non-hydrogen) atoms. The number of nitro benzene ring substituents is 1. The molecule has 2 heterocycles. The minimum atomic E-state index is -0.774. The Balaban J connectivity index is 1.49. The van der Waals surface area contributed by atoms with Gasteiger partial charge < -0.3 is 10.2 Å². The van der Waals surface area contributed by atoms with Crippen molar-refractivity contribution in [3.05, 3.63) is 99.6 Å². The summed E-state index contributed by atoms with van der Waals surface area (Å²) in [6.45, 7) is 2.43. The van der Waals surface area contributed by atoms with Crippen LogP contribution in [0.4, 0.5) is 17.1 Å². The van der Waals surface area contributed by atoms with Crippen LogP contribution in [-0.4, -0.2) is 39.9 Å². The molecule has 5 rings (SSSR count). The van der Waals surface area contributed by atoms with Crippen molar-refractivity contribution in [1.29, 1.82) is 0 Å². The lowest BCUT2D eigenvalue weighted by Crippen LogP contribution is -2.34. The van der Waals surface area contributed by atoms with Crippen LogP contribution in [0.1, 0.15) is 42.4 Å². The number of nitrogens with one attached hydrogen (secondary N) is 1. The minimum Gasteiger partial charge on any atom is -0.340 e. The van der Waals surface area contributed by atoms with Crippen LogP contribution in [0.3, 0.4) is 0 Å². The van der Waals surface area contributed by atoms with Gasteiger partial charge in [0.1, 0.15) is 5.92 Å². The molecule has 1 fully saturated rings. The van der Waals surface area contributed by atoms with E-state index in [2.05, 4.69) is 5.32 Å². The van der Waals surface area contributed by atoms with E-state index in [1.54, 1.807) is 13.0 Å². The first kappa shape index (κ1) is 23.4. The Morgan fingerprint density at radius 3 is 2.56 bits per heavy atom. The molecule has 3 aromatic carbocycles. The van der Waals surface area contributed by atoms with Gasteiger partial charge in [0.05, 0.1) is 16.3 Å². The van der Waals surface area contributed by atoms with Crippen molar-refractivity contribution in [3.63, 3.8) is 0 Å². The van der Waals surface area contributed by atoms with Crippen LogP contribution >= 0.6 is 0 Å². The number of carbonyl (C=O) groups is 2. The summed E-state index contributed by atoms with van der Waals surface area (Å²) >= 11 is 0. The molecule has 0 bridgehead atoms. The number of non-ortho nitro benzene ring substituents is 1. The zero-order valence-corrected chi connectivity index (χ0v) is 19.9. The lowest BCUT2D eigenvalue weighted by molar-refractivity contribution is -0.384. The van der Waals surface area contributed by atoms with Crippen LogP contribution in [0.2, 0.25) is 0 Å². The van der Waals surface area contributed by atoms with Crippen LogP contribution in [0, 0.1) is 10.1 Å². The van der Waals surface area contributed by atoms with Gasteiger partial charge in [0.2, 0.25) is 11.8 Å². The molecule has 0 spiro atoms. The molecule has 2 aliphatic heterocycles. The highest BCUT2D eigenvalue weighted by Crippen LogP contribution is 2.38. The Morgan fingerprint density at radius 1 is 1.11 bits per heavy atom. The molecule has 3 aromatic rings. The predicted molar refractivity (Wildman–Crippen MR) is 138 cm³/mol. The third-order valence-electron chi connectivity index (χ3n) is 6.86. The van der Waals surface area contributed by atoms with Crippen LogP contribution in [0.25, 0.3) is 0 Å². The lowest BCUT2D eigenvalue weighted by Gasteiger charge is -2.23. The zero-order valence-electron chi connectivity index (χ0n) is 19.9. The maximum Gasteiger partial charge on any atom is 0.269 e. The Labute approximate surface area is 208 Å². The molecule has 182 valence electrons. The van der Waals surface area contributed by atoms with E-state index in [4.69, 9.17) is 4.99 Å². The van der Waals surface area contributed by atoms with Crippen LogP contribution in [0.15, 0.2) is 77.8 Å². The maximum atomic E-state index is 13.1. The second-order valence-corrected chi connectivity index (χ2v) is 9.19. The summed E-state index contributed by atoms with van der Waals surface area (Å²) in [6, 6.07) is 21.8. The van der Waals surface area contributed by atoms with Crippen molar-refractivity contribution in [1.82, 2.24) is 4.90 Å². The fourth-order valence-electron chi connectivity index (χ4n) is 5.12. The molecule has 0 aromatic heterocycles. The van der Waals surface area contributed by atoms with Gasteiger partial charge in [0, 0.05) is 42.9 Å². The standard InChI is InChI=1S/C28H26N4O4/c1-18(33)31-15-5-8-22(31)16-19-9-11-21(12-10-19)29-27(20-6-3-2-4-7-20)26-24-17-23(32(35)36)13-14-25(24)30-28(26)34/h2-4,6-7,9-14,17,22,26H,5,8,15-16H2,1H3,(H,30,34). The van der Waals surface area contributed by atoms with Crippen molar-refractivity contribution in [2.24, 2.45) is 4.99 Å². The van der Waals surface area contributed by atoms with E-state index < -0.39 is 10.8 Å². The Hall–Kier alpha value is -4.33. The molecular weight excluding hydrogens is 456 g/mol. The molecule has 8 nitrogen and oxygen atoms in total. The SMILES string of the molecule is CC(=O)N1CCCC1Cc1ccc(N=C(c2ccccc2)C2C(=O)Nc3ccc([N+](=O)[O-])cc32)cc1. The number of hydrogen-bond acceptors (Lipinski definition) is 5. The molecule has 2 unspecified atom stereocenters. The van der Waals surface area contributed by atoms with E-state index in [-0.39, 0.29) is 23.5 Å². The molecule has 2 atom stereocenters. The number of anilines is 1. The first-order chi connectivity index (χ1) is 17.4. The Bertz CT molecular complexity index is 1350. The number of hydrogen-bond donors (Lipinski definition) is 1. The fourth-order valence-corrected chi connectivity index (χ4v) is 5.12. The minimum absolute atomic E-state index is 0.0708. The van der Waals surface area contributed by atoms with Gasteiger partial charge in [-0.2, -0.15) is 0 Å². The summed E-state index contributed by atoms with van der Waals surface area (Å²) in [4.78, 5) is 42.7. The highest BCUT2D eigenvalue weighted by atomic mass is 16.6. The zero-order chi connectivity index (χ0) is 25.2. The van der Waals surface area contributed by atoms with E-state index in [9.17, 15) is 19.7 Å². The predicted octanol–water partition coefficient (Wildman–Crippen LogP) is 5.00. The third-order valence-corrected chi connectivity index (χ3v) is 6.86. The van der Waals surface area contributed by atoms with Crippen molar-refractivity contribution < 1.29 is 14.5 Å². The van der Waals surface area contributed by atoms with E-state index in [1.807, 2.05) is 59.5 Å². The number of benzene rings is 3. The summed E-state index contributed by atoms with van der Waals surface area (Å²) in [5, 5.41) is 14.2. The number of aliphatic imine (C=N–C) groups is 1. The monoisotopic (exact) mass is 482 g/mol. The quantitative estimate of drug-likeness (QED) is 0.303. The molecule has 0 aliphatic carbocycles. The largest absolute Gasteiger partial charge is 0.340 e. The molecule has 1 N–H and O–H groups in total. The van der Waals surface area contributed by atoms with Gasteiger partial charge in [0.25, 0.3) is 5.69 Å². The van der Waals surface area contributed by atoms with Gasteiger partial charge >= 0.3 is 0 Å². The van der Waals surface area contributed by atoms with Gasteiger partial charge in [-0.1, -0.05) is 42.5 Å². The summed E-state index contributed by atoms with van der Waals surface area (Å²) in [5.74, 6) is -0.929. The number of nitrogens with zero attached hydrogens (tertiary/aromatic N) is 3. The van der Waals surface area contributed by atoms with Gasteiger partial charge in [-0.3, -0.25) is 24.7 Å². The summed E-state index contributed by atoms with van der Waals surface area (Å²) < 4.78 is 0. The highest BCUT2D eigenvalue weighted by Gasteiger charge is 2.36. The first-order valence-electron chi connectivity index (χ1n) is 12.0. The van der Waals surface area contributed by atoms with Gasteiger partial charge in [0.15, 0.2) is 0 Å². The molecule has 2 aliphatic rings. The van der Waals surface area contributed by atoms with Crippen LogP contribution < -0.4 is 5.32 Å². The maximum absolute atomic E-state index is 13.1. The normalized spacial score (nSPS) is 19.2. The van der Waals surface area contributed by atoms with Crippen molar-refractivity contribution in [2.45, 2.75) is 38.1 Å². The second-order valence-electron chi connectivity index (χ2n) is 9.19. The smallest absolute Gasteiger partial charge is 0.269 e. The van der Waals surface area contributed by atoms with Crippen molar-refractivity contribution in [3.8, 4) is 0 Å². The van der Waals surface area contributed by atoms with Crippen molar-refractivity contribution >= 4 is 34.6 Å². The second kappa shape index (κ2) is 9.73. The van der Waals surface area contributed by atoms with Gasteiger partial charge in [-0.05, 0) is 48.6 Å². The van der Waals surface area contributed by atoms with E-state index >= 15 is 0 Å². The molecule has 2 amide bonds. The Morgan fingerprint density at radius 2 is 1.86 bits per heavy atom. The average Bonchev–Trinajstić information content (AvgIpc) is 3.47. The van der Waals surface area contributed by atoms with E-state index in [0.717, 1.165) is 36.9 Å². The number of nitro groups is 1. The average molecular weight is 483 g/mol. The number of fused-ring (bicyclic) bond motifs is 1. The van der Waals surface area contributed by atoms with E-state index in [1.165, 1.54) is 12.1 Å². The van der Waals surface area contributed by atoms with Gasteiger partial charge in [-0.15, -0.1) is 0 Å². The topological polar surface area (TPSA) is 105 Å². The first-order valence-corrected chi connectivity index (χ1v) is 12.0. The molecular formula is C28H26N4O4. The van der Waals surface area contributed by atoms with E-state index in [0.29, 0.717) is 22.6 Å². The highest BCUT2D eigenvalue weighted by molar-refractivity contribution is 6.24. The molecule has 0 saturated carbocycles.